The summed E-state index contributed by atoms with van der Waals surface area (Å²) in [5, 5.41) is 4.36. The molecular weight excluding hydrogens is 218 g/mol. The van der Waals surface area contributed by atoms with Crippen molar-refractivity contribution in [3.63, 3.8) is 0 Å². The van der Waals surface area contributed by atoms with Crippen molar-refractivity contribution >= 4 is 5.78 Å². The highest BCUT2D eigenvalue weighted by Gasteiger charge is 2.31. The Hall–Kier alpha value is -1.20. The van der Waals surface area contributed by atoms with Crippen molar-refractivity contribution in [2.45, 2.75) is 32.4 Å². The van der Waals surface area contributed by atoms with E-state index in [-0.39, 0.29) is 17.7 Å². The quantitative estimate of drug-likeness (QED) is 0.830. The van der Waals surface area contributed by atoms with Gasteiger partial charge < -0.3 is 10.5 Å². The van der Waals surface area contributed by atoms with Gasteiger partial charge in [-0.05, 0) is 19.9 Å². The first kappa shape index (κ1) is 12.3. The number of aromatic nitrogens is 2. The van der Waals surface area contributed by atoms with Crippen LogP contribution in [0.2, 0.25) is 0 Å². The Morgan fingerprint density at radius 3 is 2.94 bits per heavy atom. The summed E-state index contributed by atoms with van der Waals surface area (Å²) in [5.74, 6) is -0.0387. The molecule has 5 heteroatoms. The number of nitrogens with two attached hydrogens (primary N) is 1. The molecule has 0 radical (unpaired) electrons. The summed E-state index contributed by atoms with van der Waals surface area (Å²) in [6.45, 7) is 5.04. The molecule has 0 bridgehead atoms. The SMILES string of the molecule is CC(C)n1ccc(CC(=O)C2COCC2N)n1. The molecule has 5 nitrogen and oxygen atoms in total. The second-order valence-electron chi connectivity index (χ2n) is 4.83. The summed E-state index contributed by atoms with van der Waals surface area (Å²) in [6.07, 6.45) is 2.25. The molecule has 0 spiro atoms. The van der Waals surface area contributed by atoms with Gasteiger partial charge >= 0.3 is 0 Å². The topological polar surface area (TPSA) is 70.1 Å². The van der Waals surface area contributed by atoms with Gasteiger partial charge in [-0.2, -0.15) is 5.10 Å². The number of hydrogen-bond acceptors (Lipinski definition) is 4. The Kier molecular flexibility index (Phi) is 3.59. The molecule has 94 valence electrons. The predicted octanol–water partition coefficient (Wildman–Crippen LogP) is 0.549. The van der Waals surface area contributed by atoms with Gasteiger partial charge in [-0.15, -0.1) is 0 Å². The molecule has 2 unspecified atom stereocenters. The summed E-state index contributed by atoms with van der Waals surface area (Å²) in [5.41, 5.74) is 6.62. The van der Waals surface area contributed by atoms with Crippen LogP contribution in [0.4, 0.5) is 0 Å². The molecular formula is C12H19N3O2. The van der Waals surface area contributed by atoms with Crippen molar-refractivity contribution in [1.29, 1.82) is 0 Å². The lowest BCUT2D eigenvalue weighted by Crippen LogP contribution is -2.34. The third-order valence-corrected chi connectivity index (χ3v) is 3.09. The molecule has 1 aliphatic rings. The van der Waals surface area contributed by atoms with Crippen molar-refractivity contribution in [3.05, 3.63) is 18.0 Å². The minimum atomic E-state index is -0.167. The molecule has 17 heavy (non-hydrogen) atoms. The van der Waals surface area contributed by atoms with Crippen molar-refractivity contribution in [3.8, 4) is 0 Å². The Morgan fingerprint density at radius 2 is 2.41 bits per heavy atom. The highest BCUT2D eigenvalue weighted by molar-refractivity contribution is 5.83. The lowest BCUT2D eigenvalue weighted by Gasteiger charge is -2.10. The molecule has 0 aromatic carbocycles. The number of carbonyl (C=O) groups is 1. The van der Waals surface area contributed by atoms with Gasteiger partial charge in [0.15, 0.2) is 0 Å². The molecule has 0 saturated carbocycles. The smallest absolute Gasteiger partial charge is 0.145 e. The third kappa shape index (κ3) is 2.73. The van der Waals surface area contributed by atoms with Gasteiger partial charge in [0.25, 0.3) is 0 Å². The Labute approximate surface area is 101 Å². The summed E-state index contributed by atoms with van der Waals surface area (Å²) < 4.78 is 7.06. The fourth-order valence-electron chi connectivity index (χ4n) is 1.97. The van der Waals surface area contributed by atoms with Crippen LogP contribution < -0.4 is 5.73 Å². The molecule has 2 rings (SSSR count). The van der Waals surface area contributed by atoms with Gasteiger partial charge in [-0.25, -0.2) is 0 Å². The van der Waals surface area contributed by atoms with Crippen LogP contribution in [-0.4, -0.2) is 34.8 Å². The molecule has 1 fully saturated rings. The van der Waals surface area contributed by atoms with Crippen molar-refractivity contribution in [1.82, 2.24) is 9.78 Å². The maximum absolute atomic E-state index is 12.0. The maximum Gasteiger partial charge on any atom is 0.145 e. The first-order valence-electron chi connectivity index (χ1n) is 5.98. The first-order chi connectivity index (χ1) is 8.08. The Morgan fingerprint density at radius 1 is 1.65 bits per heavy atom. The average Bonchev–Trinajstić information content (AvgIpc) is 2.86. The van der Waals surface area contributed by atoms with E-state index in [0.717, 1.165) is 5.69 Å². The third-order valence-electron chi connectivity index (χ3n) is 3.09. The minimum absolute atomic E-state index is 0.129. The zero-order valence-corrected chi connectivity index (χ0v) is 10.3. The van der Waals surface area contributed by atoms with Crippen LogP contribution in [0, 0.1) is 5.92 Å². The van der Waals surface area contributed by atoms with E-state index in [1.54, 1.807) is 0 Å². The molecule has 1 aromatic rings. The first-order valence-corrected chi connectivity index (χ1v) is 5.98. The van der Waals surface area contributed by atoms with Gasteiger partial charge in [-0.3, -0.25) is 9.48 Å². The van der Waals surface area contributed by atoms with E-state index in [0.29, 0.717) is 25.7 Å². The van der Waals surface area contributed by atoms with Crippen molar-refractivity contribution in [2.75, 3.05) is 13.2 Å². The number of ketones is 1. The molecule has 1 aromatic heterocycles. The Bertz CT molecular complexity index is 400. The fourth-order valence-corrected chi connectivity index (χ4v) is 1.97. The van der Waals surface area contributed by atoms with Crippen molar-refractivity contribution in [2.24, 2.45) is 11.7 Å². The molecule has 1 aliphatic heterocycles. The van der Waals surface area contributed by atoms with E-state index in [1.807, 2.05) is 16.9 Å². The number of ether oxygens (including phenoxy) is 1. The minimum Gasteiger partial charge on any atom is -0.379 e. The number of rotatable bonds is 4. The average molecular weight is 237 g/mol. The highest BCUT2D eigenvalue weighted by Crippen LogP contribution is 2.15. The Balaban J connectivity index is 1.97. The van der Waals surface area contributed by atoms with Crippen LogP contribution in [0.25, 0.3) is 0 Å². The van der Waals surface area contributed by atoms with Crippen LogP contribution in [-0.2, 0) is 16.0 Å². The molecule has 1 saturated heterocycles. The zero-order valence-electron chi connectivity index (χ0n) is 10.3. The van der Waals surface area contributed by atoms with Gasteiger partial charge in [0.2, 0.25) is 0 Å². The highest BCUT2D eigenvalue weighted by atomic mass is 16.5. The lowest BCUT2D eigenvalue weighted by atomic mass is 9.96. The normalized spacial score (nSPS) is 24.5. The number of hydrogen-bond donors (Lipinski definition) is 1. The molecule has 2 N–H and O–H groups in total. The van der Waals surface area contributed by atoms with Gasteiger partial charge in [-0.1, -0.05) is 0 Å². The summed E-state index contributed by atoms with van der Waals surface area (Å²) in [6, 6.07) is 2.05. The molecule has 0 amide bonds. The fraction of sp³-hybridized carbons (Fsp3) is 0.667. The number of nitrogens with zero attached hydrogens (tertiary/aromatic N) is 2. The van der Waals surface area contributed by atoms with Crippen LogP contribution in [0.1, 0.15) is 25.6 Å². The second-order valence-corrected chi connectivity index (χ2v) is 4.83. The van der Waals surface area contributed by atoms with E-state index in [4.69, 9.17) is 10.5 Å². The van der Waals surface area contributed by atoms with E-state index < -0.39 is 0 Å². The summed E-state index contributed by atoms with van der Waals surface area (Å²) in [4.78, 5) is 12.0. The predicted molar refractivity (Wildman–Crippen MR) is 63.6 cm³/mol. The number of Topliss-reactive ketones (excluding diaryl/α,β-unsaturated/α-hetero) is 1. The maximum atomic E-state index is 12.0. The second kappa shape index (κ2) is 4.98. The molecule has 2 atom stereocenters. The standard InChI is InChI=1S/C12H19N3O2/c1-8(2)15-4-3-9(14-15)5-12(16)10-6-17-7-11(10)13/h3-4,8,10-11H,5-7,13H2,1-2H3. The summed E-state index contributed by atoms with van der Waals surface area (Å²) >= 11 is 0. The van der Waals surface area contributed by atoms with E-state index in [1.165, 1.54) is 0 Å². The largest absolute Gasteiger partial charge is 0.379 e. The van der Waals surface area contributed by atoms with E-state index in [2.05, 4.69) is 18.9 Å². The van der Waals surface area contributed by atoms with E-state index in [9.17, 15) is 4.79 Å². The lowest BCUT2D eigenvalue weighted by molar-refractivity contribution is -0.122. The van der Waals surface area contributed by atoms with Crippen LogP contribution in [0.15, 0.2) is 12.3 Å². The zero-order chi connectivity index (χ0) is 12.4. The molecule has 0 aliphatic carbocycles. The van der Waals surface area contributed by atoms with E-state index >= 15 is 0 Å². The number of carbonyl (C=O) groups excluding carboxylic acids is 1. The summed E-state index contributed by atoms with van der Waals surface area (Å²) in [7, 11) is 0. The van der Waals surface area contributed by atoms with Crippen LogP contribution >= 0.6 is 0 Å². The van der Waals surface area contributed by atoms with Gasteiger partial charge in [0, 0.05) is 18.3 Å². The van der Waals surface area contributed by atoms with Crippen molar-refractivity contribution < 1.29 is 9.53 Å². The molecule has 2 heterocycles. The van der Waals surface area contributed by atoms with Gasteiger partial charge in [0.05, 0.1) is 31.2 Å². The van der Waals surface area contributed by atoms with Crippen LogP contribution in [0.3, 0.4) is 0 Å². The van der Waals surface area contributed by atoms with Crippen LogP contribution in [0.5, 0.6) is 0 Å². The van der Waals surface area contributed by atoms with Gasteiger partial charge in [0.1, 0.15) is 5.78 Å². The monoisotopic (exact) mass is 237 g/mol.